The summed E-state index contributed by atoms with van der Waals surface area (Å²) < 4.78 is 32.6. The Morgan fingerprint density at radius 2 is 1.68 bits per heavy atom. The molecule has 0 aliphatic carbocycles. The highest BCUT2D eigenvalue weighted by atomic mass is 32.2. The number of fused-ring (bicyclic) bond motifs is 1. The van der Waals surface area contributed by atoms with Gasteiger partial charge >= 0.3 is 6.09 Å². The van der Waals surface area contributed by atoms with E-state index >= 15 is 0 Å². The predicted molar refractivity (Wildman–Crippen MR) is 114 cm³/mol. The maximum atomic E-state index is 13.5. The number of sulfone groups is 1. The Kier molecular flexibility index (Phi) is 4.87. The third kappa shape index (κ3) is 3.54. The van der Waals surface area contributed by atoms with Gasteiger partial charge in [-0.05, 0) is 58.7 Å². The molecular formula is C21H31NO4SSi. The molecule has 1 aromatic carbocycles. The van der Waals surface area contributed by atoms with Gasteiger partial charge in [0.2, 0.25) is 9.84 Å². The molecule has 1 atom stereocenters. The van der Waals surface area contributed by atoms with E-state index in [1.165, 1.54) is 0 Å². The Labute approximate surface area is 169 Å². The van der Waals surface area contributed by atoms with Gasteiger partial charge in [0.1, 0.15) is 5.60 Å². The second-order valence-corrected chi connectivity index (χ2v) is 17.5. The van der Waals surface area contributed by atoms with Crippen LogP contribution in [-0.4, -0.2) is 38.6 Å². The lowest BCUT2D eigenvalue weighted by atomic mass is 9.88. The van der Waals surface area contributed by atoms with Gasteiger partial charge in [-0.1, -0.05) is 37.3 Å². The number of cyclic esters (lactones) is 1. The summed E-state index contributed by atoms with van der Waals surface area (Å²) in [5.41, 5.74) is 0.136. The van der Waals surface area contributed by atoms with Gasteiger partial charge in [0.25, 0.3) is 0 Å². The molecule has 2 aliphatic rings. The molecule has 0 aromatic heterocycles. The Hall–Kier alpha value is -1.60. The molecule has 28 heavy (non-hydrogen) atoms. The molecule has 0 bridgehead atoms. The molecule has 1 aromatic rings. The average molecular weight is 422 g/mol. The lowest BCUT2D eigenvalue weighted by molar-refractivity contribution is 0.0874. The van der Waals surface area contributed by atoms with E-state index in [4.69, 9.17) is 4.74 Å². The fourth-order valence-corrected chi connectivity index (χ4v) is 9.03. The van der Waals surface area contributed by atoms with Gasteiger partial charge in [-0.2, -0.15) is 0 Å². The van der Waals surface area contributed by atoms with Crippen LogP contribution in [-0.2, 0) is 14.6 Å². The number of amides is 1. The van der Waals surface area contributed by atoms with Crippen molar-refractivity contribution in [3.8, 4) is 0 Å². The minimum atomic E-state index is -3.70. The van der Waals surface area contributed by atoms with Crippen molar-refractivity contribution in [3.63, 3.8) is 0 Å². The Morgan fingerprint density at radius 3 is 2.21 bits per heavy atom. The van der Waals surface area contributed by atoms with Crippen molar-refractivity contribution in [2.45, 2.75) is 82.3 Å². The van der Waals surface area contributed by atoms with Crippen molar-refractivity contribution in [2.75, 3.05) is 0 Å². The quantitative estimate of drug-likeness (QED) is 0.634. The number of ether oxygens (including phenoxy) is 1. The van der Waals surface area contributed by atoms with Crippen LogP contribution in [0.25, 0.3) is 0 Å². The fourth-order valence-electron chi connectivity index (χ4n) is 4.67. The molecule has 1 amide bonds. The van der Waals surface area contributed by atoms with Crippen LogP contribution >= 0.6 is 0 Å². The highest BCUT2D eigenvalue weighted by Crippen LogP contribution is 2.50. The van der Waals surface area contributed by atoms with Crippen molar-refractivity contribution in [3.05, 3.63) is 40.4 Å². The van der Waals surface area contributed by atoms with Crippen LogP contribution in [0.2, 0.25) is 25.7 Å². The summed E-state index contributed by atoms with van der Waals surface area (Å²) in [6, 6.07) is 7.78. The van der Waals surface area contributed by atoms with E-state index in [1.54, 1.807) is 43.0 Å². The molecule has 0 N–H and O–H groups in total. The Morgan fingerprint density at radius 1 is 1.11 bits per heavy atom. The first-order valence-electron chi connectivity index (χ1n) is 9.76. The van der Waals surface area contributed by atoms with Crippen molar-refractivity contribution < 1.29 is 17.9 Å². The zero-order chi connectivity index (χ0) is 21.1. The summed E-state index contributed by atoms with van der Waals surface area (Å²) in [5, 5.41) is 0. The first kappa shape index (κ1) is 21.1. The highest BCUT2D eigenvalue weighted by molar-refractivity contribution is 7.95. The summed E-state index contributed by atoms with van der Waals surface area (Å²) in [6.07, 6.45) is 0.604. The maximum Gasteiger partial charge on any atom is 0.415 e. The number of hydrogen-bond acceptors (Lipinski definition) is 4. The largest absolute Gasteiger partial charge is 0.437 e. The summed E-state index contributed by atoms with van der Waals surface area (Å²) in [6.45, 7) is 14.4. The lowest BCUT2D eigenvalue weighted by Gasteiger charge is -2.45. The molecule has 5 nitrogen and oxygen atoms in total. The molecule has 7 heteroatoms. The number of hydrogen-bond donors (Lipinski definition) is 0. The van der Waals surface area contributed by atoms with E-state index in [0.717, 1.165) is 11.6 Å². The Balaban J connectivity index is 2.20. The van der Waals surface area contributed by atoms with Crippen molar-refractivity contribution in [1.29, 1.82) is 0 Å². The van der Waals surface area contributed by atoms with Crippen molar-refractivity contribution in [2.24, 2.45) is 0 Å². The van der Waals surface area contributed by atoms with Crippen LogP contribution in [0.15, 0.2) is 39.8 Å². The molecule has 154 valence electrons. The number of carbonyl (C=O) groups is 1. The number of benzene rings is 1. The zero-order valence-corrected chi connectivity index (χ0v) is 19.7. The van der Waals surface area contributed by atoms with Crippen molar-refractivity contribution in [1.82, 2.24) is 4.90 Å². The molecule has 2 aliphatic heterocycles. The van der Waals surface area contributed by atoms with Gasteiger partial charge in [0, 0.05) is 13.6 Å². The van der Waals surface area contributed by atoms with Crippen LogP contribution < -0.4 is 0 Å². The van der Waals surface area contributed by atoms with E-state index in [1.807, 2.05) is 6.92 Å². The Bertz CT molecular complexity index is 942. The number of carbonyl (C=O) groups excluding carboxylic acids is 1. The summed E-state index contributed by atoms with van der Waals surface area (Å²) in [7, 11) is -5.22. The molecule has 1 fully saturated rings. The molecule has 0 radical (unpaired) electrons. The average Bonchev–Trinajstić information content (AvgIpc) is 2.76. The highest BCUT2D eigenvalue weighted by Gasteiger charge is 2.56. The summed E-state index contributed by atoms with van der Waals surface area (Å²) in [4.78, 5) is 15.1. The van der Waals surface area contributed by atoms with Crippen LogP contribution in [0.5, 0.6) is 0 Å². The molecule has 3 rings (SSSR count). The minimum Gasteiger partial charge on any atom is -0.437 e. The van der Waals surface area contributed by atoms with E-state index in [9.17, 15) is 13.2 Å². The van der Waals surface area contributed by atoms with E-state index in [0.29, 0.717) is 23.4 Å². The van der Waals surface area contributed by atoms with Gasteiger partial charge < -0.3 is 4.74 Å². The molecule has 2 heterocycles. The van der Waals surface area contributed by atoms with Crippen LogP contribution in [0.4, 0.5) is 4.79 Å². The second kappa shape index (κ2) is 6.45. The molecule has 0 saturated carbocycles. The first-order chi connectivity index (χ1) is 12.7. The van der Waals surface area contributed by atoms with Crippen LogP contribution in [0, 0.1) is 6.92 Å². The van der Waals surface area contributed by atoms with Gasteiger partial charge in [0.15, 0.2) is 0 Å². The zero-order valence-electron chi connectivity index (χ0n) is 17.9. The predicted octanol–water partition coefficient (Wildman–Crippen LogP) is 5.10. The first-order valence-corrected chi connectivity index (χ1v) is 15.0. The number of aryl methyl sites for hydroxylation is 1. The molecule has 1 saturated heterocycles. The summed E-state index contributed by atoms with van der Waals surface area (Å²) >= 11 is 0. The molecule has 0 spiro atoms. The fraction of sp³-hybridized carbons (Fsp3) is 0.571. The van der Waals surface area contributed by atoms with Crippen LogP contribution in [0.1, 0.15) is 39.2 Å². The monoisotopic (exact) mass is 421 g/mol. The SMILES string of the molecule is Cc1ccc(S(=O)(=O)C2=C3N(C(=O)OC3(C)C)[C@](C)(C[Si](C)(C)C)CC2)cc1. The van der Waals surface area contributed by atoms with Gasteiger partial charge in [-0.3, -0.25) is 4.90 Å². The number of allylic oxidation sites excluding steroid dienone is 1. The van der Waals surface area contributed by atoms with Gasteiger partial charge in [0.05, 0.1) is 15.5 Å². The topological polar surface area (TPSA) is 63.7 Å². The van der Waals surface area contributed by atoms with Gasteiger partial charge in [-0.25, -0.2) is 13.2 Å². The molecule has 0 unspecified atom stereocenters. The number of rotatable bonds is 4. The van der Waals surface area contributed by atoms with E-state index < -0.39 is 35.1 Å². The maximum absolute atomic E-state index is 13.5. The second-order valence-electron chi connectivity index (χ2n) is 10.0. The molecular weight excluding hydrogens is 390 g/mol. The summed E-state index contributed by atoms with van der Waals surface area (Å²) in [5.74, 6) is 0. The standard InChI is InChI=1S/C21H31NO4SSi/c1-15-8-10-16(11-9-15)27(24,25)17-12-13-21(4,14-28(5,6)7)22-18(17)20(2,3)26-19(22)23/h8-11H,12-14H2,1-7H3/t21-/m0/s1. The van der Waals surface area contributed by atoms with E-state index in [2.05, 4.69) is 26.6 Å². The van der Waals surface area contributed by atoms with Crippen molar-refractivity contribution >= 4 is 24.0 Å². The normalized spacial score (nSPS) is 25.0. The minimum absolute atomic E-state index is 0.268. The van der Waals surface area contributed by atoms with Gasteiger partial charge in [-0.15, -0.1) is 0 Å². The smallest absolute Gasteiger partial charge is 0.415 e. The third-order valence-corrected chi connectivity index (χ3v) is 9.34. The third-order valence-electron chi connectivity index (χ3n) is 5.58. The van der Waals surface area contributed by atoms with Crippen LogP contribution in [0.3, 0.4) is 0 Å². The number of nitrogens with zero attached hydrogens (tertiary/aromatic N) is 1. The lowest BCUT2D eigenvalue weighted by Crippen LogP contribution is -2.53. The van der Waals surface area contributed by atoms with E-state index in [-0.39, 0.29) is 4.90 Å².